The molecule has 1 fully saturated rings. The first kappa shape index (κ1) is 17.9. The molecule has 1 spiro atoms. The second kappa shape index (κ2) is 6.43. The predicted octanol–water partition coefficient (Wildman–Crippen LogP) is 1.36. The number of aromatic nitrogens is 4. The van der Waals surface area contributed by atoms with Gasteiger partial charge in [-0.1, -0.05) is 6.07 Å². The zero-order valence-corrected chi connectivity index (χ0v) is 16.4. The number of likely N-dealkylation sites (tertiary alicyclic amines) is 1. The Hall–Kier alpha value is -3.16. The molecule has 3 aromatic heterocycles. The second-order valence-electron chi connectivity index (χ2n) is 8.25. The summed E-state index contributed by atoms with van der Waals surface area (Å²) < 4.78 is 1.99. The maximum Gasteiger partial charge on any atom is 0.255 e. The van der Waals surface area contributed by atoms with E-state index in [0.29, 0.717) is 19.5 Å². The van der Waals surface area contributed by atoms with Crippen LogP contribution in [0.2, 0.25) is 0 Å². The number of hydrogen-bond acceptors (Lipinski definition) is 5. The Kier molecular flexibility index (Phi) is 3.97. The van der Waals surface area contributed by atoms with E-state index in [4.69, 9.17) is 5.73 Å². The van der Waals surface area contributed by atoms with Crippen LogP contribution in [0.15, 0.2) is 29.3 Å². The van der Waals surface area contributed by atoms with Crippen LogP contribution in [0.25, 0.3) is 5.65 Å². The van der Waals surface area contributed by atoms with Gasteiger partial charge < -0.3 is 15.0 Å². The van der Waals surface area contributed by atoms with Gasteiger partial charge in [0.15, 0.2) is 0 Å². The number of hydrogen-bond donors (Lipinski definition) is 2. The third-order valence-corrected chi connectivity index (χ3v) is 6.60. The highest BCUT2D eigenvalue weighted by Crippen LogP contribution is 2.44. The lowest BCUT2D eigenvalue weighted by molar-refractivity contribution is -0.132. The lowest BCUT2D eigenvalue weighted by atomic mass is 9.76. The summed E-state index contributed by atoms with van der Waals surface area (Å²) in [5.41, 5.74) is 10.0. The van der Waals surface area contributed by atoms with E-state index < -0.39 is 0 Å². The largest absolute Gasteiger partial charge is 0.369 e. The van der Waals surface area contributed by atoms with E-state index in [-0.39, 0.29) is 22.8 Å². The van der Waals surface area contributed by atoms with Crippen molar-refractivity contribution >= 4 is 17.5 Å². The fraction of sp³-hybridized carbons (Fsp3) is 0.429. The molecule has 3 N–H and O–H groups in total. The molecule has 2 aliphatic rings. The number of aromatic amines is 1. The van der Waals surface area contributed by atoms with E-state index in [1.165, 1.54) is 0 Å². The summed E-state index contributed by atoms with van der Waals surface area (Å²) in [5, 5.41) is 0. The van der Waals surface area contributed by atoms with Crippen LogP contribution in [-0.4, -0.2) is 43.2 Å². The molecule has 4 heterocycles. The van der Waals surface area contributed by atoms with Gasteiger partial charge >= 0.3 is 0 Å². The normalized spacial score (nSPS) is 17.8. The van der Waals surface area contributed by atoms with E-state index in [0.717, 1.165) is 53.8 Å². The number of nitrogens with zero attached hydrogens (tertiary/aromatic N) is 4. The Balaban J connectivity index is 1.32. The monoisotopic (exact) mass is 392 g/mol. The Morgan fingerprint density at radius 1 is 1.31 bits per heavy atom. The summed E-state index contributed by atoms with van der Waals surface area (Å²) in [7, 11) is 0. The number of H-pyrrole nitrogens is 1. The van der Waals surface area contributed by atoms with Crippen molar-refractivity contribution in [2.24, 2.45) is 0 Å². The number of pyridine rings is 1. The van der Waals surface area contributed by atoms with Gasteiger partial charge in [0.1, 0.15) is 5.65 Å². The number of carbonyl (C=O) groups excluding carboxylic acids is 1. The lowest BCUT2D eigenvalue weighted by Crippen LogP contribution is -2.45. The van der Waals surface area contributed by atoms with Crippen LogP contribution in [0.1, 0.15) is 41.8 Å². The van der Waals surface area contributed by atoms with Crippen molar-refractivity contribution in [3.8, 4) is 0 Å². The highest BCUT2D eigenvalue weighted by Gasteiger charge is 2.44. The maximum absolute atomic E-state index is 12.9. The number of fused-ring (bicyclic) bond motifs is 3. The van der Waals surface area contributed by atoms with Crippen LogP contribution in [0.5, 0.6) is 0 Å². The number of carbonyl (C=O) groups is 1. The number of imidazole rings is 1. The van der Waals surface area contributed by atoms with Gasteiger partial charge in [-0.05, 0) is 44.2 Å². The molecular formula is C21H24N6O2. The molecule has 29 heavy (non-hydrogen) atoms. The summed E-state index contributed by atoms with van der Waals surface area (Å²) in [4.78, 5) is 38.6. The van der Waals surface area contributed by atoms with Crippen LogP contribution >= 0.6 is 0 Å². The van der Waals surface area contributed by atoms with Crippen molar-refractivity contribution < 1.29 is 4.79 Å². The van der Waals surface area contributed by atoms with Crippen molar-refractivity contribution in [2.75, 3.05) is 18.8 Å². The topological polar surface area (TPSA) is 109 Å². The van der Waals surface area contributed by atoms with Crippen molar-refractivity contribution in [2.45, 2.75) is 44.4 Å². The van der Waals surface area contributed by atoms with E-state index in [9.17, 15) is 9.59 Å². The standard InChI is InChI=1S/C21H24N6O2/c1-13-3-2-8-27-14(12-23-18(13)27)11-16(28)26-9-6-21(7-10-26)5-4-15-17(21)24-20(22)25-19(15)29/h2-3,8,12H,4-7,9-11H2,1H3,(H3,22,24,25,29). The number of piperidine rings is 1. The SMILES string of the molecule is Cc1cccn2c(CC(=O)N3CCC4(CCc5c4nc(N)[nH]c5=O)CC3)cnc12. The fourth-order valence-corrected chi connectivity index (χ4v) is 4.94. The molecule has 3 aromatic rings. The second-order valence-corrected chi connectivity index (χ2v) is 8.25. The van der Waals surface area contributed by atoms with Crippen LogP contribution < -0.4 is 11.3 Å². The first-order valence-corrected chi connectivity index (χ1v) is 10.1. The molecule has 0 unspecified atom stereocenters. The van der Waals surface area contributed by atoms with E-state index in [1.54, 1.807) is 6.20 Å². The van der Waals surface area contributed by atoms with Gasteiger partial charge in [-0.3, -0.25) is 14.6 Å². The molecule has 0 radical (unpaired) electrons. The van der Waals surface area contributed by atoms with Crippen molar-refractivity contribution in [1.29, 1.82) is 0 Å². The van der Waals surface area contributed by atoms with Gasteiger partial charge in [0.25, 0.3) is 5.56 Å². The number of nitrogens with one attached hydrogen (secondary N) is 1. The molecule has 8 heteroatoms. The minimum absolute atomic E-state index is 0.111. The van der Waals surface area contributed by atoms with Crippen LogP contribution in [0.4, 0.5) is 5.95 Å². The maximum atomic E-state index is 12.9. The average Bonchev–Trinajstić information content (AvgIpc) is 3.26. The number of aryl methyl sites for hydroxylation is 1. The lowest BCUT2D eigenvalue weighted by Gasteiger charge is -2.39. The summed E-state index contributed by atoms with van der Waals surface area (Å²) in [6.45, 7) is 3.36. The van der Waals surface area contributed by atoms with E-state index >= 15 is 0 Å². The molecule has 0 bridgehead atoms. The summed E-state index contributed by atoms with van der Waals surface area (Å²) in [5.74, 6) is 0.288. The summed E-state index contributed by atoms with van der Waals surface area (Å²) in [6, 6.07) is 3.99. The van der Waals surface area contributed by atoms with Crippen molar-refractivity contribution in [3.63, 3.8) is 0 Å². The molecule has 1 saturated heterocycles. The molecule has 8 nitrogen and oxygen atoms in total. The minimum atomic E-state index is -0.130. The molecular weight excluding hydrogens is 368 g/mol. The smallest absolute Gasteiger partial charge is 0.255 e. The molecule has 1 aliphatic heterocycles. The fourth-order valence-electron chi connectivity index (χ4n) is 4.94. The quantitative estimate of drug-likeness (QED) is 0.684. The predicted molar refractivity (Wildman–Crippen MR) is 109 cm³/mol. The Bertz CT molecular complexity index is 1170. The average molecular weight is 392 g/mol. The molecule has 1 amide bonds. The summed E-state index contributed by atoms with van der Waals surface area (Å²) >= 11 is 0. The minimum Gasteiger partial charge on any atom is -0.369 e. The molecule has 5 rings (SSSR count). The van der Waals surface area contributed by atoms with E-state index in [2.05, 4.69) is 15.0 Å². The highest BCUT2D eigenvalue weighted by molar-refractivity contribution is 5.79. The van der Waals surface area contributed by atoms with Gasteiger partial charge in [0, 0.05) is 36.5 Å². The zero-order valence-electron chi connectivity index (χ0n) is 16.4. The third kappa shape index (κ3) is 2.82. The van der Waals surface area contributed by atoms with Gasteiger partial charge in [-0.25, -0.2) is 9.97 Å². The Morgan fingerprint density at radius 3 is 2.90 bits per heavy atom. The van der Waals surface area contributed by atoms with Crippen LogP contribution in [0.3, 0.4) is 0 Å². The Morgan fingerprint density at radius 2 is 2.10 bits per heavy atom. The van der Waals surface area contributed by atoms with Crippen molar-refractivity contribution in [1.82, 2.24) is 24.3 Å². The van der Waals surface area contributed by atoms with Crippen LogP contribution in [0, 0.1) is 6.92 Å². The number of nitrogens with two attached hydrogens (primary N) is 1. The molecule has 1 aliphatic carbocycles. The molecule has 0 atom stereocenters. The number of nitrogen functional groups attached to an aromatic ring is 1. The van der Waals surface area contributed by atoms with Gasteiger partial charge in [-0.2, -0.15) is 0 Å². The highest BCUT2D eigenvalue weighted by atomic mass is 16.2. The molecule has 0 saturated carbocycles. The first-order chi connectivity index (χ1) is 14.0. The molecule has 150 valence electrons. The molecule has 0 aromatic carbocycles. The van der Waals surface area contributed by atoms with Gasteiger partial charge in [-0.15, -0.1) is 0 Å². The number of rotatable bonds is 2. The van der Waals surface area contributed by atoms with Gasteiger partial charge in [0.05, 0.1) is 17.8 Å². The number of amides is 1. The number of anilines is 1. The third-order valence-electron chi connectivity index (χ3n) is 6.60. The van der Waals surface area contributed by atoms with Gasteiger partial charge in [0.2, 0.25) is 11.9 Å². The van der Waals surface area contributed by atoms with Crippen molar-refractivity contribution in [3.05, 3.63) is 57.4 Å². The van der Waals surface area contributed by atoms with E-state index in [1.807, 2.05) is 34.6 Å². The zero-order chi connectivity index (χ0) is 20.2. The summed E-state index contributed by atoms with van der Waals surface area (Å²) in [6.07, 6.45) is 7.33. The van der Waals surface area contributed by atoms with Crippen LogP contribution in [-0.2, 0) is 23.1 Å². The Labute approximate surface area is 167 Å². The first-order valence-electron chi connectivity index (χ1n) is 10.1.